The molecule has 0 unspecified atom stereocenters. The molecule has 0 radical (unpaired) electrons. The molecule has 0 spiro atoms. The summed E-state index contributed by atoms with van der Waals surface area (Å²) in [7, 11) is 0. The lowest BCUT2D eigenvalue weighted by Crippen LogP contribution is -1.99. The average molecular weight is 240 g/mol. The number of nitrogen functional groups attached to an aromatic ring is 1. The van der Waals surface area contributed by atoms with Crippen LogP contribution in [0, 0.1) is 6.92 Å². The molecule has 0 saturated heterocycles. The van der Waals surface area contributed by atoms with E-state index in [1.54, 1.807) is 0 Å². The summed E-state index contributed by atoms with van der Waals surface area (Å²) in [4.78, 5) is 0. The van der Waals surface area contributed by atoms with Gasteiger partial charge in [0.15, 0.2) is 5.58 Å². The van der Waals surface area contributed by atoms with Crippen LogP contribution in [0.15, 0.2) is 34.7 Å². The van der Waals surface area contributed by atoms with E-state index >= 15 is 0 Å². The number of anilines is 2. The maximum atomic E-state index is 6.13. The molecule has 3 rings (SSSR count). The van der Waals surface area contributed by atoms with E-state index in [0.29, 0.717) is 0 Å². The first kappa shape index (κ1) is 11.0. The van der Waals surface area contributed by atoms with Crippen molar-refractivity contribution in [3.8, 4) is 0 Å². The molecule has 92 valence electrons. The van der Waals surface area contributed by atoms with Gasteiger partial charge in [-0.05, 0) is 31.5 Å². The zero-order chi connectivity index (χ0) is 12.7. The third kappa shape index (κ3) is 1.44. The molecule has 1 aromatic heterocycles. The summed E-state index contributed by atoms with van der Waals surface area (Å²) in [6, 6.07) is 10.1. The highest BCUT2D eigenvalue weighted by molar-refractivity contribution is 6.15. The molecule has 0 aliphatic carbocycles. The monoisotopic (exact) mass is 240 g/mol. The van der Waals surface area contributed by atoms with Crippen LogP contribution in [-0.4, -0.2) is 6.54 Å². The van der Waals surface area contributed by atoms with E-state index < -0.39 is 0 Å². The largest absolute Gasteiger partial charge is 0.454 e. The molecule has 3 aromatic rings. The minimum absolute atomic E-state index is 0.725. The molecule has 3 heteroatoms. The Bertz CT molecular complexity index is 728. The van der Waals surface area contributed by atoms with E-state index in [2.05, 4.69) is 24.4 Å². The van der Waals surface area contributed by atoms with Gasteiger partial charge in [-0.2, -0.15) is 0 Å². The molecule has 0 saturated carbocycles. The summed E-state index contributed by atoms with van der Waals surface area (Å²) >= 11 is 0. The molecule has 0 aliphatic rings. The Morgan fingerprint density at radius 2 is 2.06 bits per heavy atom. The van der Waals surface area contributed by atoms with Crippen molar-refractivity contribution in [2.75, 3.05) is 17.6 Å². The number of furan rings is 1. The van der Waals surface area contributed by atoms with Gasteiger partial charge in [-0.3, -0.25) is 0 Å². The SMILES string of the molecule is CCNc1cc(C)c(N)c2oc3ccccc3c12. The van der Waals surface area contributed by atoms with Gasteiger partial charge in [0.2, 0.25) is 0 Å². The number of hydrogen-bond donors (Lipinski definition) is 2. The predicted octanol–water partition coefficient (Wildman–Crippen LogP) is 3.91. The van der Waals surface area contributed by atoms with Gasteiger partial charge >= 0.3 is 0 Å². The van der Waals surface area contributed by atoms with Crippen LogP contribution in [0.4, 0.5) is 11.4 Å². The Hall–Kier alpha value is -2.16. The molecule has 2 aromatic carbocycles. The maximum absolute atomic E-state index is 6.13. The predicted molar refractivity (Wildman–Crippen MR) is 77.0 cm³/mol. The fraction of sp³-hybridized carbons (Fsp3) is 0.200. The zero-order valence-electron chi connectivity index (χ0n) is 10.6. The normalized spacial score (nSPS) is 11.2. The Balaban J connectivity index is 2.50. The number of fused-ring (bicyclic) bond motifs is 3. The van der Waals surface area contributed by atoms with Crippen molar-refractivity contribution >= 4 is 33.3 Å². The third-order valence-corrected chi connectivity index (χ3v) is 3.26. The molecule has 0 aliphatic heterocycles. The molecular formula is C15H16N2O. The minimum Gasteiger partial charge on any atom is -0.454 e. The topological polar surface area (TPSA) is 51.2 Å². The first-order valence-corrected chi connectivity index (χ1v) is 6.16. The second kappa shape index (κ2) is 3.95. The second-order valence-corrected chi connectivity index (χ2v) is 4.49. The highest BCUT2D eigenvalue weighted by atomic mass is 16.3. The van der Waals surface area contributed by atoms with Crippen LogP contribution in [0.3, 0.4) is 0 Å². The number of benzene rings is 2. The Morgan fingerprint density at radius 3 is 2.83 bits per heavy atom. The van der Waals surface area contributed by atoms with E-state index in [9.17, 15) is 0 Å². The van der Waals surface area contributed by atoms with Crippen LogP contribution < -0.4 is 11.1 Å². The lowest BCUT2D eigenvalue weighted by molar-refractivity contribution is 0.670. The van der Waals surface area contributed by atoms with Crippen molar-refractivity contribution in [1.29, 1.82) is 0 Å². The average Bonchev–Trinajstić information content (AvgIpc) is 2.75. The Morgan fingerprint density at radius 1 is 1.28 bits per heavy atom. The summed E-state index contributed by atoms with van der Waals surface area (Å²) in [5.41, 5.74) is 10.6. The molecule has 0 bridgehead atoms. The van der Waals surface area contributed by atoms with Gasteiger partial charge in [0.25, 0.3) is 0 Å². The molecule has 0 atom stereocenters. The standard InChI is InChI=1S/C15H16N2O/c1-3-17-11-8-9(2)14(16)15-13(11)10-6-4-5-7-12(10)18-15/h4-8,17H,3,16H2,1-2H3. The first-order chi connectivity index (χ1) is 8.72. The smallest absolute Gasteiger partial charge is 0.160 e. The van der Waals surface area contributed by atoms with Gasteiger partial charge in [0.1, 0.15) is 5.58 Å². The molecule has 3 nitrogen and oxygen atoms in total. The van der Waals surface area contributed by atoms with Gasteiger partial charge in [-0.1, -0.05) is 18.2 Å². The van der Waals surface area contributed by atoms with Crippen molar-refractivity contribution in [2.45, 2.75) is 13.8 Å². The number of aryl methyl sites for hydroxylation is 1. The number of hydrogen-bond acceptors (Lipinski definition) is 3. The first-order valence-electron chi connectivity index (χ1n) is 6.16. The maximum Gasteiger partial charge on any atom is 0.160 e. The summed E-state index contributed by atoms with van der Waals surface area (Å²) in [6.45, 7) is 4.96. The molecule has 0 fully saturated rings. The Kier molecular flexibility index (Phi) is 2.40. The molecule has 0 amide bonds. The van der Waals surface area contributed by atoms with E-state index in [1.165, 1.54) is 0 Å². The van der Waals surface area contributed by atoms with Crippen LogP contribution in [0.1, 0.15) is 12.5 Å². The molecule has 3 N–H and O–H groups in total. The van der Waals surface area contributed by atoms with Crippen molar-refractivity contribution in [3.05, 3.63) is 35.9 Å². The van der Waals surface area contributed by atoms with Gasteiger partial charge < -0.3 is 15.5 Å². The quantitative estimate of drug-likeness (QED) is 0.668. The number of rotatable bonds is 2. The summed E-state index contributed by atoms with van der Waals surface area (Å²) in [6.07, 6.45) is 0. The summed E-state index contributed by atoms with van der Waals surface area (Å²) in [5.74, 6) is 0. The van der Waals surface area contributed by atoms with Crippen LogP contribution in [-0.2, 0) is 0 Å². The van der Waals surface area contributed by atoms with Gasteiger partial charge in [0.05, 0.1) is 11.1 Å². The summed E-state index contributed by atoms with van der Waals surface area (Å²) in [5, 5.41) is 5.57. The minimum atomic E-state index is 0.725. The lowest BCUT2D eigenvalue weighted by Gasteiger charge is -2.08. The van der Waals surface area contributed by atoms with E-state index in [1.807, 2.05) is 25.1 Å². The number of para-hydroxylation sites is 1. The molecular weight excluding hydrogens is 224 g/mol. The highest BCUT2D eigenvalue weighted by Gasteiger charge is 2.14. The fourth-order valence-corrected chi connectivity index (χ4v) is 2.38. The van der Waals surface area contributed by atoms with Crippen LogP contribution >= 0.6 is 0 Å². The van der Waals surface area contributed by atoms with Crippen molar-refractivity contribution in [2.24, 2.45) is 0 Å². The van der Waals surface area contributed by atoms with Crippen LogP contribution in [0.2, 0.25) is 0 Å². The van der Waals surface area contributed by atoms with Gasteiger partial charge in [-0.15, -0.1) is 0 Å². The van der Waals surface area contributed by atoms with Crippen molar-refractivity contribution in [1.82, 2.24) is 0 Å². The van der Waals surface area contributed by atoms with Gasteiger partial charge in [0, 0.05) is 17.6 Å². The second-order valence-electron chi connectivity index (χ2n) is 4.49. The number of nitrogens with two attached hydrogens (primary N) is 1. The summed E-state index contributed by atoms with van der Waals surface area (Å²) < 4.78 is 5.89. The van der Waals surface area contributed by atoms with Crippen LogP contribution in [0.25, 0.3) is 21.9 Å². The Labute approximate surface area is 106 Å². The zero-order valence-corrected chi connectivity index (χ0v) is 10.6. The van der Waals surface area contributed by atoms with Crippen LogP contribution in [0.5, 0.6) is 0 Å². The fourth-order valence-electron chi connectivity index (χ4n) is 2.38. The van der Waals surface area contributed by atoms with Gasteiger partial charge in [-0.25, -0.2) is 0 Å². The third-order valence-electron chi connectivity index (χ3n) is 3.26. The number of nitrogens with one attached hydrogen (secondary N) is 1. The van der Waals surface area contributed by atoms with Crippen molar-refractivity contribution in [3.63, 3.8) is 0 Å². The molecule has 1 heterocycles. The molecule has 18 heavy (non-hydrogen) atoms. The van der Waals surface area contributed by atoms with E-state index in [4.69, 9.17) is 10.2 Å². The van der Waals surface area contributed by atoms with E-state index in [-0.39, 0.29) is 0 Å². The van der Waals surface area contributed by atoms with Crippen molar-refractivity contribution < 1.29 is 4.42 Å². The van der Waals surface area contributed by atoms with E-state index in [0.717, 1.165) is 45.4 Å². The lowest BCUT2D eigenvalue weighted by atomic mass is 10.1. The highest BCUT2D eigenvalue weighted by Crippen LogP contribution is 2.38.